The number of thioether (sulfide) groups is 2. The van der Waals surface area contributed by atoms with Gasteiger partial charge in [0.05, 0.1) is 61.1 Å². The van der Waals surface area contributed by atoms with Gasteiger partial charge >= 0.3 is 24.4 Å². The number of aromatic nitrogens is 2. The molecule has 0 atom stereocenters. The minimum absolute atomic E-state index is 0.0416. The molecule has 0 aliphatic carbocycles. The van der Waals surface area contributed by atoms with Crippen molar-refractivity contribution in [2.45, 2.75) is 80.2 Å². The van der Waals surface area contributed by atoms with Crippen molar-refractivity contribution in [1.29, 1.82) is 0 Å². The van der Waals surface area contributed by atoms with Crippen molar-refractivity contribution in [1.82, 2.24) is 4.57 Å². The molecule has 0 amide bonds. The van der Waals surface area contributed by atoms with Gasteiger partial charge in [0.25, 0.3) is 0 Å². The Morgan fingerprint density at radius 1 is 0.800 bits per heavy atom. The van der Waals surface area contributed by atoms with E-state index in [2.05, 4.69) is 33.5 Å². The predicted molar refractivity (Wildman–Crippen MR) is 231 cm³/mol. The van der Waals surface area contributed by atoms with E-state index in [1.54, 1.807) is 24.3 Å². The number of unbranched alkanes of at least 4 members (excludes halogenated alkanes) is 5. The van der Waals surface area contributed by atoms with Gasteiger partial charge in [-0.15, -0.1) is 23.5 Å². The lowest BCUT2D eigenvalue weighted by molar-refractivity contribution is -0.667. The van der Waals surface area contributed by atoms with E-state index >= 15 is 0 Å². The summed E-state index contributed by atoms with van der Waals surface area (Å²) in [6.07, 6.45) is -6.77. The Morgan fingerprint density at radius 3 is 1.63 bits per heavy atom. The number of isothiocyanates is 1. The third-order valence-corrected chi connectivity index (χ3v) is 11.6. The third kappa shape index (κ3) is 24.5. The van der Waals surface area contributed by atoms with Crippen LogP contribution >= 0.6 is 58.9 Å². The number of hydrogen-bond acceptors (Lipinski definition) is 10. The average Bonchev–Trinajstić information content (AvgIpc) is 3.47. The van der Waals surface area contributed by atoms with E-state index in [1.807, 2.05) is 0 Å². The zero-order valence-corrected chi connectivity index (χ0v) is 39.7. The maximum atomic E-state index is 13.7. The molecule has 0 radical (unpaired) electrons. The summed E-state index contributed by atoms with van der Waals surface area (Å²) in [5, 5.41) is 2.15. The normalized spacial score (nSPS) is 11.7. The van der Waals surface area contributed by atoms with Crippen LogP contribution in [0.15, 0.2) is 63.3 Å². The van der Waals surface area contributed by atoms with Gasteiger partial charge in [-0.25, -0.2) is 31.3 Å². The molecule has 9 nitrogen and oxygen atoms in total. The number of ether oxygens (including phenoxy) is 2. The number of halogens is 13. The van der Waals surface area contributed by atoms with Crippen molar-refractivity contribution in [2.24, 2.45) is 19.1 Å². The summed E-state index contributed by atoms with van der Waals surface area (Å²) in [5.74, 6) is -4.34. The zero-order valence-electron chi connectivity index (χ0n) is 34.9. The number of benzene rings is 3. The fraction of sp³-hybridized carbons (Fsp3) is 0.487. The number of aryl methyl sites for hydroxylation is 2. The van der Waals surface area contributed by atoms with Gasteiger partial charge in [0.2, 0.25) is 10.4 Å². The molecule has 366 valence electrons. The Bertz CT molecular complexity index is 2200. The van der Waals surface area contributed by atoms with E-state index in [0.717, 1.165) is 66.9 Å². The maximum absolute atomic E-state index is 13.7. The van der Waals surface area contributed by atoms with E-state index < -0.39 is 57.9 Å². The van der Waals surface area contributed by atoms with Crippen LogP contribution in [0.5, 0.6) is 11.5 Å². The van der Waals surface area contributed by atoms with Crippen molar-refractivity contribution in [3.8, 4) is 11.5 Å². The molecule has 0 bridgehead atoms. The van der Waals surface area contributed by atoms with Crippen LogP contribution in [-0.2, 0) is 34.9 Å². The number of imidazole rings is 1. The molecule has 65 heavy (non-hydrogen) atoms. The number of alkyl halides is 9. The third-order valence-electron chi connectivity index (χ3n) is 7.94. The molecular weight excluding hydrogens is 1010 g/mol. The Hall–Kier alpha value is -3.09. The number of hydrogen-bond donors (Lipinski definition) is 0. The average molecular weight is 1060 g/mol. The second-order valence-corrected chi connectivity index (χ2v) is 17.2. The van der Waals surface area contributed by atoms with Gasteiger partial charge in [0.15, 0.2) is 34.2 Å². The number of fused-ring (bicyclic) bond motifs is 1. The van der Waals surface area contributed by atoms with E-state index in [1.165, 1.54) is 26.2 Å². The highest BCUT2D eigenvalue weighted by atomic mass is 35.5. The van der Waals surface area contributed by atoms with Gasteiger partial charge in [-0.3, -0.25) is 4.18 Å². The van der Waals surface area contributed by atoms with Crippen molar-refractivity contribution in [3.05, 3.63) is 76.0 Å². The zero-order chi connectivity index (χ0) is 49.6. The molecule has 3 aromatic carbocycles. The monoisotopic (exact) mass is 1060 g/mol. The van der Waals surface area contributed by atoms with Crippen LogP contribution in [0, 0.1) is 11.6 Å². The predicted octanol–water partition coefficient (Wildman–Crippen LogP) is 13.0. The van der Waals surface area contributed by atoms with Crippen molar-refractivity contribution in [2.75, 3.05) is 38.4 Å². The van der Waals surface area contributed by atoms with Gasteiger partial charge in [-0.05, 0) is 74.3 Å². The number of para-hydroxylation sites is 2. The topological polar surface area (TPSA) is 106 Å². The maximum Gasteiger partial charge on any atom is 0.495 e. The summed E-state index contributed by atoms with van der Waals surface area (Å²) in [4.78, 5) is 4.06. The molecule has 4 rings (SSSR count). The largest absolute Gasteiger partial charge is 0.726 e. The van der Waals surface area contributed by atoms with Gasteiger partial charge in [-0.2, -0.15) is 39.5 Å². The molecule has 1 heterocycles. The van der Waals surface area contributed by atoms with Gasteiger partial charge in [0, 0.05) is 16.3 Å². The number of rotatable bonds is 18. The van der Waals surface area contributed by atoms with Crippen LogP contribution in [0.1, 0.15) is 57.7 Å². The fourth-order valence-corrected chi connectivity index (χ4v) is 7.19. The lowest BCUT2D eigenvalue weighted by Crippen LogP contribution is -2.37. The molecule has 0 aliphatic heterocycles. The molecule has 1 aromatic heterocycles. The highest BCUT2D eigenvalue weighted by Crippen LogP contribution is 2.37. The van der Waals surface area contributed by atoms with E-state index in [4.69, 9.17) is 32.7 Å². The molecule has 0 N–H and O–H groups in total. The molecule has 0 saturated heterocycles. The van der Waals surface area contributed by atoms with Crippen molar-refractivity contribution in [3.63, 3.8) is 0 Å². The number of nitrogens with zero attached hydrogens (tertiary/aromatic N) is 3. The molecular formula is C39H44Cl2F11N3O6S4. The quantitative estimate of drug-likeness (QED) is 0.0141. The fourth-order valence-electron chi connectivity index (χ4n) is 5.06. The number of thiocarbonyl (C=S) groups is 1. The first-order valence-corrected chi connectivity index (χ1v) is 23.3. The molecule has 0 saturated carbocycles. The van der Waals surface area contributed by atoms with Crippen LogP contribution in [0.25, 0.3) is 11.0 Å². The van der Waals surface area contributed by atoms with Gasteiger partial charge in [-0.1, -0.05) is 61.5 Å². The lowest BCUT2D eigenvalue weighted by Gasteiger charge is -2.11. The molecule has 0 unspecified atom stereocenters. The summed E-state index contributed by atoms with van der Waals surface area (Å²) >= 11 is 17.0. The van der Waals surface area contributed by atoms with Crippen LogP contribution in [0.3, 0.4) is 0 Å². The smallest absolute Gasteiger partial charge is 0.495 e. The molecule has 0 spiro atoms. The van der Waals surface area contributed by atoms with Crippen LogP contribution in [0.4, 0.5) is 48.3 Å². The van der Waals surface area contributed by atoms with E-state index in [9.17, 15) is 61.3 Å². The summed E-state index contributed by atoms with van der Waals surface area (Å²) < 4.78 is 183. The Labute approximate surface area is 392 Å². The first kappa shape index (κ1) is 59.9. The molecule has 0 aliphatic rings. The molecule has 4 aromatic rings. The van der Waals surface area contributed by atoms with Crippen LogP contribution in [-0.4, -0.2) is 73.4 Å². The summed E-state index contributed by atoms with van der Waals surface area (Å²) in [7, 11) is -0.761. The van der Waals surface area contributed by atoms with Crippen molar-refractivity contribution < 1.29 is 79.5 Å². The summed E-state index contributed by atoms with van der Waals surface area (Å²) in [6, 6.07) is 11.2. The first-order valence-electron chi connectivity index (χ1n) is 18.8. The SMILES string of the molecule is CCCCCCOc1cc(SCC(F)(F)F)c(Cl)cc1F.COS(=O)(=O)[O-].Cn1c(C(F)(F)F)[n+](C)c2ccccc21.Fc1cc(Cl)c(SCC(F)(F)F)cc1OCCCCCN=C=S. The van der Waals surface area contributed by atoms with E-state index in [-0.39, 0.29) is 37.9 Å². The Kier molecular flexibility index (Phi) is 26.7. The summed E-state index contributed by atoms with van der Waals surface area (Å²) in [5.41, 5.74) is 1.15. The molecule has 0 fully saturated rings. The standard InChI is InChI=1S/C14H14ClF4NOS2.C14H17ClF4OS.C10H10F3N2.CH4O4S/c15-10-6-11(16)12(7-13(10)23-8-14(17,18)19)21-5-3-1-2-4-20-9-22;1-2-3-4-5-6-20-12-8-13(10(15)7-11(12)16)21-9-14(17,18)19;1-14-7-5-3-4-6-8(7)15(2)9(14)10(11,12)13;1-5-6(2,3)4/h6-7H,1-5,8H2;7-8H,2-6,9H2,1H3;3-6H,1-2H3;1H3,(H,2,3,4)/q;;+1;/p-1. The lowest BCUT2D eigenvalue weighted by atomic mass is 10.2. The van der Waals surface area contributed by atoms with Gasteiger partial charge in [0.1, 0.15) is 0 Å². The van der Waals surface area contributed by atoms with E-state index in [0.29, 0.717) is 54.1 Å². The number of aliphatic imine (C=N–C) groups is 1. The molecule has 26 heteroatoms. The minimum Gasteiger partial charge on any atom is -0.726 e. The second-order valence-electron chi connectivity index (χ2n) is 13.0. The second kappa shape index (κ2) is 28.9. The first-order chi connectivity index (χ1) is 30.2. The Balaban J connectivity index is 0.000000465. The minimum atomic E-state index is -4.41. The van der Waals surface area contributed by atoms with Crippen LogP contribution < -0.4 is 14.0 Å². The Morgan fingerprint density at radius 2 is 1.25 bits per heavy atom. The van der Waals surface area contributed by atoms with Crippen molar-refractivity contribution >= 4 is 85.5 Å². The summed E-state index contributed by atoms with van der Waals surface area (Å²) in [6.45, 7) is 3.24. The van der Waals surface area contributed by atoms with Crippen LogP contribution in [0.2, 0.25) is 10.0 Å². The highest BCUT2D eigenvalue weighted by molar-refractivity contribution is 7.99. The van der Waals surface area contributed by atoms with Gasteiger partial charge < -0.3 is 14.0 Å². The highest BCUT2D eigenvalue weighted by Gasteiger charge is 2.45.